The van der Waals surface area contributed by atoms with E-state index >= 15 is 0 Å². The number of methoxy groups -OCH3 is 1. The van der Waals surface area contributed by atoms with Gasteiger partial charge in [-0.1, -0.05) is 18.5 Å². The van der Waals surface area contributed by atoms with Crippen molar-refractivity contribution >= 4 is 27.3 Å². The largest absolute Gasteiger partial charge is 0.493 e. The van der Waals surface area contributed by atoms with Gasteiger partial charge < -0.3 is 10.5 Å². The Hall–Kier alpha value is -0.980. The van der Waals surface area contributed by atoms with Crippen LogP contribution in [-0.4, -0.2) is 22.1 Å². The molecule has 0 atom stereocenters. The summed E-state index contributed by atoms with van der Waals surface area (Å²) >= 11 is 5.88. The summed E-state index contributed by atoms with van der Waals surface area (Å²) in [6, 6.07) is 2.64. The Kier molecular flexibility index (Phi) is 4.62. The standard InChI is InChI=1S/C10H15ClN2O3S/c1-3-4-13-17(14,15)7-5-8(11)10(16-2)9(12)6-7/h5-6,13H,3-4,12H2,1-2H3. The Morgan fingerprint density at radius 1 is 1.47 bits per heavy atom. The van der Waals surface area contributed by atoms with Crippen molar-refractivity contribution in [1.82, 2.24) is 4.72 Å². The molecule has 17 heavy (non-hydrogen) atoms. The lowest BCUT2D eigenvalue weighted by atomic mass is 10.3. The molecule has 5 nitrogen and oxygen atoms in total. The third kappa shape index (κ3) is 3.24. The molecule has 0 aliphatic rings. The highest BCUT2D eigenvalue weighted by molar-refractivity contribution is 7.89. The van der Waals surface area contributed by atoms with Crippen molar-refractivity contribution in [3.05, 3.63) is 17.2 Å². The highest BCUT2D eigenvalue weighted by Gasteiger charge is 2.17. The molecule has 1 rings (SSSR count). The fourth-order valence-electron chi connectivity index (χ4n) is 1.28. The van der Waals surface area contributed by atoms with Crippen LogP contribution in [0.15, 0.2) is 17.0 Å². The number of hydrogen-bond acceptors (Lipinski definition) is 4. The lowest BCUT2D eigenvalue weighted by molar-refractivity contribution is 0.417. The first-order valence-corrected chi connectivity index (χ1v) is 6.91. The van der Waals surface area contributed by atoms with E-state index in [4.69, 9.17) is 22.1 Å². The summed E-state index contributed by atoms with van der Waals surface area (Å²) in [7, 11) is -2.14. The molecule has 7 heteroatoms. The van der Waals surface area contributed by atoms with Gasteiger partial charge in [0.05, 0.1) is 22.7 Å². The fraction of sp³-hybridized carbons (Fsp3) is 0.400. The number of halogens is 1. The van der Waals surface area contributed by atoms with Gasteiger partial charge in [-0.05, 0) is 18.6 Å². The smallest absolute Gasteiger partial charge is 0.240 e. The van der Waals surface area contributed by atoms with E-state index in [2.05, 4.69) is 4.72 Å². The van der Waals surface area contributed by atoms with Gasteiger partial charge in [-0.25, -0.2) is 13.1 Å². The quantitative estimate of drug-likeness (QED) is 0.802. The number of benzene rings is 1. The lowest BCUT2D eigenvalue weighted by Gasteiger charge is -2.10. The number of nitrogens with two attached hydrogens (primary N) is 1. The van der Waals surface area contributed by atoms with Crippen LogP contribution in [0.4, 0.5) is 5.69 Å². The monoisotopic (exact) mass is 278 g/mol. The van der Waals surface area contributed by atoms with Crippen LogP contribution in [0.2, 0.25) is 5.02 Å². The molecule has 96 valence electrons. The van der Waals surface area contributed by atoms with E-state index in [0.717, 1.165) is 0 Å². The van der Waals surface area contributed by atoms with Crippen molar-refractivity contribution in [1.29, 1.82) is 0 Å². The second-order valence-electron chi connectivity index (χ2n) is 3.43. The van der Waals surface area contributed by atoms with Gasteiger partial charge in [0.1, 0.15) is 0 Å². The minimum atomic E-state index is -3.56. The first-order chi connectivity index (χ1) is 7.92. The van der Waals surface area contributed by atoms with Crippen LogP contribution in [-0.2, 0) is 10.0 Å². The second-order valence-corrected chi connectivity index (χ2v) is 5.60. The van der Waals surface area contributed by atoms with Crippen LogP contribution >= 0.6 is 11.6 Å². The Balaban J connectivity index is 3.16. The van der Waals surface area contributed by atoms with Gasteiger partial charge in [0.25, 0.3) is 0 Å². The molecule has 0 aromatic heterocycles. The Morgan fingerprint density at radius 2 is 2.12 bits per heavy atom. The van der Waals surface area contributed by atoms with Crippen LogP contribution in [0.25, 0.3) is 0 Å². The fourth-order valence-corrected chi connectivity index (χ4v) is 2.84. The predicted octanol–water partition coefficient (Wildman–Crippen LogP) is 1.62. The van der Waals surface area contributed by atoms with Crippen molar-refractivity contribution in [2.24, 2.45) is 0 Å². The summed E-state index contributed by atoms with van der Waals surface area (Å²) < 4.78 is 31.0. The molecule has 0 spiro atoms. The maximum absolute atomic E-state index is 11.8. The molecule has 1 aromatic rings. The molecule has 0 fully saturated rings. The average molecular weight is 279 g/mol. The number of nitrogens with one attached hydrogen (secondary N) is 1. The zero-order chi connectivity index (χ0) is 13.1. The van der Waals surface area contributed by atoms with Gasteiger partial charge in [-0.2, -0.15) is 0 Å². The molecule has 0 radical (unpaired) electrons. The summed E-state index contributed by atoms with van der Waals surface area (Å²) in [6.07, 6.45) is 0.707. The molecular formula is C10H15ClN2O3S. The molecule has 0 amide bonds. The predicted molar refractivity (Wildman–Crippen MR) is 67.9 cm³/mol. The van der Waals surface area contributed by atoms with Crippen LogP contribution in [0.1, 0.15) is 13.3 Å². The van der Waals surface area contributed by atoms with E-state index in [-0.39, 0.29) is 21.4 Å². The van der Waals surface area contributed by atoms with Crippen molar-refractivity contribution in [2.45, 2.75) is 18.2 Å². The van der Waals surface area contributed by atoms with Gasteiger partial charge >= 0.3 is 0 Å². The molecule has 0 bridgehead atoms. The average Bonchev–Trinajstić information content (AvgIpc) is 2.26. The Morgan fingerprint density at radius 3 is 2.59 bits per heavy atom. The molecule has 0 saturated heterocycles. The summed E-state index contributed by atoms with van der Waals surface area (Å²) in [5, 5.41) is 0.171. The van der Waals surface area contributed by atoms with E-state index in [1.165, 1.54) is 19.2 Å². The molecule has 0 aliphatic heterocycles. The number of ether oxygens (including phenoxy) is 1. The van der Waals surface area contributed by atoms with Crippen LogP contribution < -0.4 is 15.2 Å². The zero-order valence-electron chi connectivity index (χ0n) is 9.66. The molecular weight excluding hydrogens is 264 g/mol. The van der Waals surface area contributed by atoms with Crippen molar-refractivity contribution in [3.8, 4) is 5.75 Å². The van der Waals surface area contributed by atoms with Gasteiger partial charge in [0.2, 0.25) is 10.0 Å². The minimum absolute atomic E-state index is 0.0363. The van der Waals surface area contributed by atoms with Gasteiger partial charge in [0.15, 0.2) is 5.75 Å². The third-order valence-corrected chi connectivity index (χ3v) is 3.82. The minimum Gasteiger partial charge on any atom is -0.493 e. The topological polar surface area (TPSA) is 81.4 Å². The highest BCUT2D eigenvalue weighted by atomic mass is 35.5. The molecule has 1 aromatic carbocycles. The molecule has 0 heterocycles. The first-order valence-electron chi connectivity index (χ1n) is 5.05. The van der Waals surface area contributed by atoms with E-state index in [0.29, 0.717) is 13.0 Å². The summed E-state index contributed by atoms with van der Waals surface area (Å²) in [4.78, 5) is 0.0363. The second kappa shape index (κ2) is 5.57. The van der Waals surface area contributed by atoms with E-state index in [1.54, 1.807) is 0 Å². The van der Waals surface area contributed by atoms with Crippen molar-refractivity contribution in [2.75, 3.05) is 19.4 Å². The van der Waals surface area contributed by atoms with Gasteiger partial charge in [-0.15, -0.1) is 0 Å². The summed E-state index contributed by atoms with van der Waals surface area (Å²) in [6.45, 7) is 2.24. The highest BCUT2D eigenvalue weighted by Crippen LogP contribution is 2.33. The molecule has 3 N–H and O–H groups in total. The Labute approximate surface area is 106 Å². The van der Waals surface area contributed by atoms with E-state index < -0.39 is 10.0 Å². The Bertz CT molecular complexity index is 479. The van der Waals surface area contributed by atoms with Crippen LogP contribution in [0, 0.1) is 0 Å². The van der Waals surface area contributed by atoms with Crippen LogP contribution in [0.3, 0.4) is 0 Å². The van der Waals surface area contributed by atoms with E-state index in [9.17, 15) is 8.42 Å². The van der Waals surface area contributed by atoms with Crippen molar-refractivity contribution < 1.29 is 13.2 Å². The summed E-state index contributed by atoms with van der Waals surface area (Å²) in [5.74, 6) is 0.279. The van der Waals surface area contributed by atoms with Crippen LogP contribution in [0.5, 0.6) is 5.75 Å². The lowest BCUT2D eigenvalue weighted by Crippen LogP contribution is -2.24. The number of nitrogen functional groups attached to an aromatic ring is 1. The van der Waals surface area contributed by atoms with E-state index in [1.807, 2.05) is 6.92 Å². The maximum atomic E-state index is 11.8. The maximum Gasteiger partial charge on any atom is 0.240 e. The zero-order valence-corrected chi connectivity index (χ0v) is 11.2. The van der Waals surface area contributed by atoms with Crippen molar-refractivity contribution in [3.63, 3.8) is 0 Å². The molecule has 0 unspecified atom stereocenters. The number of sulfonamides is 1. The number of rotatable bonds is 5. The molecule has 0 saturated carbocycles. The first kappa shape index (κ1) is 14.1. The number of hydrogen-bond donors (Lipinski definition) is 2. The SMILES string of the molecule is CCCNS(=O)(=O)c1cc(N)c(OC)c(Cl)c1. The summed E-state index contributed by atoms with van der Waals surface area (Å²) in [5.41, 5.74) is 5.85. The van der Waals surface area contributed by atoms with Gasteiger partial charge in [-0.3, -0.25) is 0 Å². The normalized spacial score (nSPS) is 11.5. The number of anilines is 1. The van der Waals surface area contributed by atoms with Gasteiger partial charge in [0, 0.05) is 6.54 Å². The molecule has 0 aliphatic carbocycles. The third-order valence-electron chi connectivity index (χ3n) is 2.10.